The fourth-order valence-corrected chi connectivity index (χ4v) is 1.98. The van der Waals surface area contributed by atoms with Gasteiger partial charge in [-0.2, -0.15) is 0 Å². The van der Waals surface area contributed by atoms with Crippen molar-refractivity contribution >= 4 is 11.6 Å². The Morgan fingerprint density at radius 2 is 2.05 bits per heavy atom. The summed E-state index contributed by atoms with van der Waals surface area (Å²) in [5, 5.41) is 3.95. The van der Waals surface area contributed by atoms with Gasteiger partial charge in [0.15, 0.2) is 11.5 Å². The molecule has 0 saturated carbocycles. The molecule has 108 valence electrons. The largest absolute Gasteiger partial charge is 0.493 e. The molecular weight excluding hydrogens is 264 g/mol. The highest BCUT2D eigenvalue weighted by Crippen LogP contribution is 2.36. The Kier molecular flexibility index (Phi) is 6.99. The van der Waals surface area contributed by atoms with Crippen molar-refractivity contribution in [3.8, 4) is 11.5 Å². The SMILES string of the molecule is CCOc1c(Cl)cc(CNCCN(C)C)cc1OC. The van der Waals surface area contributed by atoms with Crippen molar-refractivity contribution in [2.75, 3.05) is 40.9 Å². The Morgan fingerprint density at radius 1 is 1.32 bits per heavy atom. The first-order chi connectivity index (χ1) is 9.08. The molecule has 4 nitrogen and oxygen atoms in total. The molecule has 1 aromatic carbocycles. The van der Waals surface area contributed by atoms with Gasteiger partial charge in [0.05, 0.1) is 18.7 Å². The van der Waals surface area contributed by atoms with Gasteiger partial charge < -0.3 is 19.7 Å². The molecule has 0 heterocycles. The average Bonchev–Trinajstić information content (AvgIpc) is 2.37. The van der Waals surface area contributed by atoms with E-state index in [1.807, 2.05) is 19.1 Å². The first-order valence-electron chi connectivity index (χ1n) is 6.43. The van der Waals surface area contributed by atoms with Crippen molar-refractivity contribution < 1.29 is 9.47 Å². The van der Waals surface area contributed by atoms with Crippen molar-refractivity contribution in [1.29, 1.82) is 0 Å². The molecule has 0 aliphatic carbocycles. The molecule has 0 spiro atoms. The molecule has 0 saturated heterocycles. The number of rotatable bonds is 8. The van der Waals surface area contributed by atoms with Crippen molar-refractivity contribution in [2.24, 2.45) is 0 Å². The lowest BCUT2D eigenvalue weighted by molar-refractivity contribution is 0.311. The number of hydrogen-bond donors (Lipinski definition) is 1. The van der Waals surface area contributed by atoms with E-state index in [1.54, 1.807) is 7.11 Å². The standard InChI is InChI=1S/C14H23ClN2O2/c1-5-19-14-12(15)8-11(9-13(14)18-4)10-16-6-7-17(2)3/h8-9,16H,5-7,10H2,1-4H3. The van der Waals surface area contributed by atoms with Crippen molar-refractivity contribution in [2.45, 2.75) is 13.5 Å². The molecule has 19 heavy (non-hydrogen) atoms. The van der Waals surface area contributed by atoms with Gasteiger partial charge in [0.1, 0.15) is 0 Å². The molecule has 0 fully saturated rings. The van der Waals surface area contributed by atoms with Crippen LogP contribution in [0.3, 0.4) is 0 Å². The minimum Gasteiger partial charge on any atom is -0.493 e. The number of methoxy groups -OCH3 is 1. The minimum atomic E-state index is 0.566. The minimum absolute atomic E-state index is 0.566. The Hall–Kier alpha value is -0.970. The fraction of sp³-hybridized carbons (Fsp3) is 0.571. The van der Waals surface area contributed by atoms with E-state index in [4.69, 9.17) is 21.1 Å². The topological polar surface area (TPSA) is 33.7 Å². The number of nitrogens with one attached hydrogen (secondary N) is 1. The third kappa shape index (κ3) is 5.27. The molecule has 1 N–H and O–H groups in total. The fourth-order valence-electron chi connectivity index (χ4n) is 1.70. The molecule has 0 amide bonds. The van der Waals surface area contributed by atoms with Crippen LogP contribution in [0.5, 0.6) is 11.5 Å². The van der Waals surface area contributed by atoms with E-state index in [2.05, 4.69) is 24.3 Å². The van der Waals surface area contributed by atoms with Gasteiger partial charge in [-0.25, -0.2) is 0 Å². The molecule has 0 radical (unpaired) electrons. The maximum Gasteiger partial charge on any atom is 0.179 e. The number of nitrogens with zero attached hydrogens (tertiary/aromatic N) is 1. The second-order valence-electron chi connectivity index (χ2n) is 4.52. The highest BCUT2D eigenvalue weighted by Gasteiger charge is 2.11. The molecule has 0 aliphatic heterocycles. The second-order valence-corrected chi connectivity index (χ2v) is 4.93. The molecule has 0 aromatic heterocycles. The van der Waals surface area contributed by atoms with Crippen LogP contribution in [0.4, 0.5) is 0 Å². The maximum atomic E-state index is 6.21. The average molecular weight is 287 g/mol. The lowest BCUT2D eigenvalue weighted by Crippen LogP contribution is -2.26. The van der Waals surface area contributed by atoms with Crippen LogP contribution in [0.1, 0.15) is 12.5 Å². The summed E-state index contributed by atoms with van der Waals surface area (Å²) in [5.74, 6) is 1.29. The number of benzene rings is 1. The second kappa shape index (κ2) is 8.25. The maximum absolute atomic E-state index is 6.21. The highest BCUT2D eigenvalue weighted by molar-refractivity contribution is 6.32. The predicted octanol–water partition coefficient (Wildman–Crippen LogP) is 2.40. The van der Waals surface area contributed by atoms with Crippen LogP contribution in [0.15, 0.2) is 12.1 Å². The summed E-state index contributed by atoms with van der Waals surface area (Å²) in [4.78, 5) is 2.14. The molecule has 1 rings (SSSR count). The zero-order valence-corrected chi connectivity index (χ0v) is 12.9. The van der Waals surface area contributed by atoms with Gasteiger partial charge in [-0.3, -0.25) is 0 Å². The number of ether oxygens (including phenoxy) is 2. The third-order valence-electron chi connectivity index (χ3n) is 2.64. The summed E-state index contributed by atoms with van der Waals surface area (Å²) in [6.45, 7) is 5.18. The Bertz CT molecular complexity index is 397. The van der Waals surface area contributed by atoms with Crippen LogP contribution in [-0.4, -0.2) is 45.8 Å². The van der Waals surface area contributed by atoms with Crippen LogP contribution in [0.25, 0.3) is 0 Å². The van der Waals surface area contributed by atoms with Crippen LogP contribution < -0.4 is 14.8 Å². The van der Waals surface area contributed by atoms with E-state index >= 15 is 0 Å². The quantitative estimate of drug-likeness (QED) is 0.744. The molecule has 0 atom stereocenters. The lowest BCUT2D eigenvalue weighted by Gasteiger charge is -2.14. The first-order valence-corrected chi connectivity index (χ1v) is 6.81. The van der Waals surface area contributed by atoms with Crippen LogP contribution >= 0.6 is 11.6 Å². The van der Waals surface area contributed by atoms with E-state index in [9.17, 15) is 0 Å². The zero-order valence-electron chi connectivity index (χ0n) is 12.1. The molecule has 5 heteroatoms. The van der Waals surface area contributed by atoms with E-state index in [1.165, 1.54) is 0 Å². The monoisotopic (exact) mass is 286 g/mol. The van der Waals surface area contributed by atoms with Crippen molar-refractivity contribution in [3.63, 3.8) is 0 Å². The normalized spacial score (nSPS) is 10.8. The summed E-state index contributed by atoms with van der Waals surface area (Å²) in [6.07, 6.45) is 0. The predicted molar refractivity (Wildman–Crippen MR) is 79.4 cm³/mol. The van der Waals surface area contributed by atoms with Crippen LogP contribution in [0, 0.1) is 0 Å². The highest BCUT2D eigenvalue weighted by atomic mass is 35.5. The van der Waals surface area contributed by atoms with Crippen LogP contribution in [-0.2, 0) is 6.54 Å². The molecule has 0 aliphatic rings. The van der Waals surface area contributed by atoms with Gasteiger partial charge in [-0.1, -0.05) is 11.6 Å². The van der Waals surface area contributed by atoms with Gasteiger partial charge in [0.25, 0.3) is 0 Å². The van der Waals surface area contributed by atoms with Crippen LogP contribution in [0.2, 0.25) is 5.02 Å². The van der Waals surface area contributed by atoms with Gasteiger partial charge in [-0.05, 0) is 38.7 Å². The first kappa shape index (κ1) is 16.1. The van der Waals surface area contributed by atoms with E-state index in [-0.39, 0.29) is 0 Å². The smallest absolute Gasteiger partial charge is 0.179 e. The molecule has 1 aromatic rings. The summed E-state index contributed by atoms with van der Waals surface area (Å²) in [7, 11) is 5.73. The van der Waals surface area contributed by atoms with Gasteiger partial charge in [0.2, 0.25) is 0 Å². The Balaban J connectivity index is 2.67. The summed E-state index contributed by atoms with van der Waals surface area (Å²) in [5.41, 5.74) is 1.09. The Labute approximate surface area is 120 Å². The summed E-state index contributed by atoms with van der Waals surface area (Å²) >= 11 is 6.21. The molecule has 0 unspecified atom stereocenters. The molecule has 0 bridgehead atoms. The summed E-state index contributed by atoms with van der Waals surface area (Å²) < 4.78 is 10.8. The van der Waals surface area contributed by atoms with Crippen molar-refractivity contribution in [1.82, 2.24) is 10.2 Å². The van der Waals surface area contributed by atoms with Gasteiger partial charge in [0, 0.05) is 19.6 Å². The van der Waals surface area contributed by atoms with Gasteiger partial charge >= 0.3 is 0 Å². The molecular formula is C14H23ClN2O2. The Morgan fingerprint density at radius 3 is 2.63 bits per heavy atom. The number of halogens is 1. The van der Waals surface area contributed by atoms with E-state index in [0.717, 1.165) is 25.2 Å². The summed E-state index contributed by atoms with van der Waals surface area (Å²) in [6, 6.07) is 3.87. The number of hydrogen-bond acceptors (Lipinski definition) is 4. The van der Waals surface area contributed by atoms with Crippen molar-refractivity contribution in [3.05, 3.63) is 22.7 Å². The zero-order chi connectivity index (χ0) is 14.3. The van der Waals surface area contributed by atoms with E-state index in [0.29, 0.717) is 23.1 Å². The third-order valence-corrected chi connectivity index (χ3v) is 2.92. The lowest BCUT2D eigenvalue weighted by atomic mass is 10.2. The van der Waals surface area contributed by atoms with Gasteiger partial charge in [-0.15, -0.1) is 0 Å². The number of likely N-dealkylation sites (N-methyl/N-ethyl adjacent to an activating group) is 1. The van der Waals surface area contributed by atoms with E-state index < -0.39 is 0 Å².